The second kappa shape index (κ2) is 7.61. The smallest absolute Gasteiger partial charge is 0.276 e. The zero-order valence-corrected chi connectivity index (χ0v) is 15.4. The van der Waals surface area contributed by atoms with Crippen LogP contribution in [0.3, 0.4) is 0 Å². The van der Waals surface area contributed by atoms with Gasteiger partial charge in [0.2, 0.25) is 0 Å². The van der Waals surface area contributed by atoms with E-state index < -0.39 is 0 Å². The summed E-state index contributed by atoms with van der Waals surface area (Å²) in [6.45, 7) is 7.04. The summed E-state index contributed by atoms with van der Waals surface area (Å²) >= 11 is 1.69. The zero-order chi connectivity index (χ0) is 17.8. The SMILES string of the molecule is Cc1ccc(CN(Cc2ccccn2)C(=O)c2cc(C(C)C)on2)s1. The van der Waals surface area contributed by atoms with Crippen LogP contribution in [-0.4, -0.2) is 20.9 Å². The van der Waals surface area contributed by atoms with Crippen molar-refractivity contribution in [2.75, 3.05) is 0 Å². The summed E-state index contributed by atoms with van der Waals surface area (Å²) < 4.78 is 5.29. The van der Waals surface area contributed by atoms with Crippen molar-refractivity contribution in [3.63, 3.8) is 0 Å². The van der Waals surface area contributed by atoms with Gasteiger partial charge >= 0.3 is 0 Å². The van der Waals surface area contributed by atoms with Crippen molar-refractivity contribution in [1.82, 2.24) is 15.0 Å². The lowest BCUT2D eigenvalue weighted by Crippen LogP contribution is -2.30. The fourth-order valence-electron chi connectivity index (χ4n) is 2.47. The summed E-state index contributed by atoms with van der Waals surface area (Å²) in [5, 5.41) is 3.96. The van der Waals surface area contributed by atoms with Gasteiger partial charge in [0.1, 0.15) is 5.76 Å². The van der Waals surface area contributed by atoms with Gasteiger partial charge in [0.15, 0.2) is 5.69 Å². The molecule has 0 atom stereocenters. The first-order valence-corrected chi connectivity index (χ1v) is 9.05. The summed E-state index contributed by atoms with van der Waals surface area (Å²) in [7, 11) is 0. The van der Waals surface area contributed by atoms with E-state index in [1.165, 1.54) is 4.88 Å². The molecule has 1 amide bonds. The van der Waals surface area contributed by atoms with Gasteiger partial charge in [0, 0.05) is 27.9 Å². The number of carbonyl (C=O) groups is 1. The Balaban J connectivity index is 1.84. The average Bonchev–Trinajstić information content (AvgIpc) is 3.24. The molecule has 0 aliphatic carbocycles. The lowest BCUT2D eigenvalue weighted by atomic mass is 10.1. The molecule has 0 N–H and O–H groups in total. The first-order chi connectivity index (χ1) is 12.0. The van der Waals surface area contributed by atoms with Crippen LogP contribution < -0.4 is 0 Å². The van der Waals surface area contributed by atoms with Crippen LogP contribution in [0.1, 0.15) is 51.5 Å². The Morgan fingerprint density at radius 1 is 1.24 bits per heavy atom. The van der Waals surface area contributed by atoms with E-state index in [9.17, 15) is 4.79 Å². The molecule has 0 unspecified atom stereocenters. The summed E-state index contributed by atoms with van der Waals surface area (Å²) in [6, 6.07) is 11.6. The largest absolute Gasteiger partial charge is 0.360 e. The minimum absolute atomic E-state index is 0.146. The fourth-order valence-corrected chi connectivity index (χ4v) is 3.38. The first kappa shape index (κ1) is 17.4. The molecule has 0 saturated carbocycles. The lowest BCUT2D eigenvalue weighted by molar-refractivity contribution is 0.0719. The molecule has 130 valence electrons. The van der Waals surface area contributed by atoms with Crippen molar-refractivity contribution in [3.8, 4) is 0 Å². The summed E-state index contributed by atoms with van der Waals surface area (Å²) in [5.74, 6) is 0.763. The van der Waals surface area contributed by atoms with Gasteiger partial charge in [-0.05, 0) is 31.2 Å². The van der Waals surface area contributed by atoms with Crippen molar-refractivity contribution in [2.24, 2.45) is 0 Å². The summed E-state index contributed by atoms with van der Waals surface area (Å²) in [6.07, 6.45) is 1.74. The molecular weight excluding hydrogens is 334 g/mol. The molecule has 3 heterocycles. The van der Waals surface area contributed by atoms with E-state index in [4.69, 9.17) is 4.52 Å². The quantitative estimate of drug-likeness (QED) is 0.657. The Morgan fingerprint density at radius 2 is 2.08 bits per heavy atom. The molecule has 25 heavy (non-hydrogen) atoms. The maximum Gasteiger partial charge on any atom is 0.276 e. The second-order valence-corrected chi connectivity index (χ2v) is 7.64. The minimum Gasteiger partial charge on any atom is -0.360 e. The molecule has 0 aliphatic heterocycles. The number of carbonyl (C=O) groups excluding carboxylic acids is 1. The molecule has 0 fully saturated rings. The normalized spacial score (nSPS) is 11.0. The fraction of sp³-hybridized carbons (Fsp3) is 0.316. The molecule has 3 aromatic heterocycles. The zero-order valence-electron chi connectivity index (χ0n) is 14.6. The Kier molecular flexibility index (Phi) is 5.28. The van der Waals surface area contributed by atoms with Crippen LogP contribution in [0.2, 0.25) is 0 Å². The van der Waals surface area contributed by atoms with Gasteiger partial charge in [0.25, 0.3) is 5.91 Å². The highest BCUT2D eigenvalue weighted by atomic mass is 32.1. The van der Waals surface area contributed by atoms with Gasteiger partial charge in [0.05, 0.1) is 18.8 Å². The van der Waals surface area contributed by atoms with E-state index in [-0.39, 0.29) is 11.8 Å². The highest BCUT2D eigenvalue weighted by Crippen LogP contribution is 2.21. The van der Waals surface area contributed by atoms with E-state index in [1.807, 2.05) is 32.0 Å². The Bertz CT molecular complexity index is 839. The van der Waals surface area contributed by atoms with Crippen LogP contribution in [0, 0.1) is 6.92 Å². The van der Waals surface area contributed by atoms with Gasteiger partial charge in [-0.15, -0.1) is 11.3 Å². The molecule has 3 rings (SSSR count). The van der Waals surface area contributed by atoms with Crippen LogP contribution in [0.5, 0.6) is 0 Å². The number of rotatable bonds is 6. The Labute approximate surface area is 151 Å². The predicted molar refractivity (Wildman–Crippen MR) is 97.5 cm³/mol. The van der Waals surface area contributed by atoms with E-state index >= 15 is 0 Å². The van der Waals surface area contributed by atoms with Gasteiger partial charge < -0.3 is 9.42 Å². The molecule has 0 aliphatic rings. The molecule has 0 bridgehead atoms. The number of amides is 1. The Hall–Kier alpha value is -2.47. The Morgan fingerprint density at radius 3 is 2.68 bits per heavy atom. The predicted octanol–water partition coefficient (Wildman–Crippen LogP) is 4.41. The average molecular weight is 355 g/mol. The number of nitrogens with zero attached hydrogens (tertiary/aromatic N) is 3. The number of pyridine rings is 1. The number of hydrogen-bond acceptors (Lipinski definition) is 5. The van der Waals surface area contributed by atoms with Crippen LogP contribution >= 0.6 is 11.3 Å². The van der Waals surface area contributed by atoms with Crippen molar-refractivity contribution < 1.29 is 9.32 Å². The lowest BCUT2D eigenvalue weighted by Gasteiger charge is -2.20. The third kappa shape index (κ3) is 4.33. The number of thiophene rings is 1. The van der Waals surface area contributed by atoms with E-state index in [1.54, 1.807) is 28.5 Å². The van der Waals surface area contributed by atoms with Gasteiger partial charge in [-0.2, -0.15) is 0 Å². The van der Waals surface area contributed by atoms with Crippen LogP contribution in [0.15, 0.2) is 47.1 Å². The maximum atomic E-state index is 13.0. The first-order valence-electron chi connectivity index (χ1n) is 8.24. The maximum absolute atomic E-state index is 13.0. The number of aromatic nitrogens is 2. The van der Waals surface area contributed by atoms with Gasteiger partial charge in [-0.25, -0.2) is 0 Å². The summed E-state index contributed by atoms with van der Waals surface area (Å²) in [4.78, 5) is 21.4. The van der Waals surface area contributed by atoms with Crippen LogP contribution in [-0.2, 0) is 13.1 Å². The number of hydrogen-bond donors (Lipinski definition) is 0. The monoisotopic (exact) mass is 355 g/mol. The summed E-state index contributed by atoms with van der Waals surface area (Å²) in [5.41, 5.74) is 1.18. The topological polar surface area (TPSA) is 59.2 Å². The molecule has 0 saturated heterocycles. The standard InChI is InChI=1S/C19H21N3O2S/c1-13(2)18-10-17(21-24-18)19(23)22(11-15-6-4-5-9-20-15)12-16-8-7-14(3)25-16/h4-10,13H,11-12H2,1-3H3. The van der Waals surface area contributed by atoms with E-state index in [0.717, 1.165) is 10.6 Å². The second-order valence-electron chi connectivity index (χ2n) is 6.26. The molecule has 0 radical (unpaired) electrons. The highest BCUT2D eigenvalue weighted by Gasteiger charge is 2.22. The minimum atomic E-state index is -0.146. The molecule has 0 aromatic carbocycles. The molecular formula is C19H21N3O2S. The van der Waals surface area contributed by atoms with Crippen LogP contribution in [0.4, 0.5) is 0 Å². The third-order valence-corrected chi connectivity index (χ3v) is 4.81. The molecule has 5 nitrogen and oxygen atoms in total. The molecule has 3 aromatic rings. The van der Waals surface area contributed by atoms with E-state index in [2.05, 4.69) is 29.2 Å². The van der Waals surface area contributed by atoms with Crippen molar-refractivity contribution in [3.05, 3.63) is 69.5 Å². The van der Waals surface area contributed by atoms with Crippen molar-refractivity contribution in [1.29, 1.82) is 0 Å². The van der Waals surface area contributed by atoms with Gasteiger partial charge in [-0.3, -0.25) is 9.78 Å². The van der Waals surface area contributed by atoms with E-state index in [0.29, 0.717) is 24.5 Å². The van der Waals surface area contributed by atoms with Crippen molar-refractivity contribution >= 4 is 17.2 Å². The van der Waals surface area contributed by atoms with Crippen molar-refractivity contribution in [2.45, 2.75) is 39.8 Å². The highest BCUT2D eigenvalue weighted by molar-refractivity contribution is 7.11. The number of aryl methyl sites for hydroxylation is 1. The molecule has 6 heteroatoms. The molecule has 0 spiro atoms. The third-order valence-electron chi connectivity index (χ3n) is 3.83. The van der Waals surface area contributed by atoms with Gasteiger partial charge in [-0.1, -0.05) is 25.1 Å². The van der Waals surface area contributed by atoms with Crippen LogP contribution in [0.25, 0.3) is 0 Å².